The molecule has 0 fully saturated rings. The van der Waals surface area contributed by atoms with Gasteiger partial charge in [0.05, 0.1) is 18.0 Å². The van der Waals surface area contributed by atoms with Gasteiger partial charge in [0.1, 0.15) is 0 Å². The summed E-state index contributed by atoms with van der Waals surface area (Å²) in [5, 5.41) is 4.54. The monoisotopic (exact) mass is 195 g/mol. The van der Waals surface area contributed by atoms with E-state index < -0.39 is 10.0 Å². The van der Waals surface area contributed by atoms with Crippen LogP contribution in [0.2, 0.25) is 0 Å². The fraction of sp³-hybridized carbons (Fsp3) is 0.125. The second-order valence-corrected chi connectivity index (χ2v) is 4.54. The summed E-state index contributed by atoms with van der Waals surface area (Å²) in [6.45, 7) is 0. The van der Waals surface area contributed by atoms with E-state index in [0.717, 1.165) is 15.7 Å². The molecule has 0 bridgehead atoms. The second kappa shape index (κ2) is 2.56. The van der Waals surface area contributed by atoms with Crippen LogP contribution in [0.25, 0.3) is 10.9 Å². The number of nitrogens with zero attached hydrogens (tertiary/aromatic N) is 2. The van der Waals surface area contributed by atoms with Gasteiger partial charge in [-0.05, 0) is 0 Å². The van der Waals surface area contributed by atoms with Gasteiger partial charge in [0.25, 0.3) is 10.0 Å². The number of hydrogen-bond donors (Lipinski definition) is 0. The number of fused-ring (bicyclic) bond motifs is 1. The molecule has 0 unspecified atom stereocenters. The van der Waals surface area contributed by atoms with E-state index in [1.807, 2.05) is 0 Å². The molecular weight excluding hydrogens is 188 g/mol. The summed E-state index contributed by atoms with van der Waals surface area (Å²) in [7, 11) is -3.31. The average molecular weight is 195 g/mol. The van der Waals surface area contributed by atoms with E-state index in [1.165, 1.54) is 6.20 Å². The van der Waals surface area contributed by atoms with Crippen LogP contribution >= 0.6 is 0 Å². The Hall–Kier alpha value is -1.36. The molecule has 0 amide bonds. The van der Waals surface area contributed by atoms with Crippen LogP contribution in [-0.2, 0) is 10.0 Å². The topological polar surface area (TPSA) is 52.0 Å². The summed E-state index contributed by atoms with van der Waals surface area (Å²) in [6.07, 6.45) is 2.62. The molecule has 0 N–H and O–H groups in total. The van der Waals surface area contributed by atoms with Crippen molar-refractivity contribution in [3.8, 4) is 0 Å². The minimum Gasteiger partial charge on any atom is -0.205 e. The van der Waals surface area contributed by atoms with E-state index in [2.05, 4.69) is 11.2 Å². The molecule has 4 nitrogen and oxygen atoms in total. The first-order valence-electron chi connectivity index (χ1n) is 3.64. The van der Waals surface area contributed by atoms with E-state index in [9.17, 15) is 8.42 Å². The van der Waals surface area contributed by atoms with Crippen LogP contribution in [0.1, 0.15) is 0 Å². The fourth-order valence-electron chi connectivity index (χ4n) is 1.13. The summed E-state index contributed by atoms with van der Waals surface area (Å²) < 4.78 is 23.4. The van der Waals surface area contributed by atoms with Crippen molar-refractivity contribution in [2.24, 2.45) is 0 Å². The van der Waals surface area contributed by atoms with Crippen LogP contribution in [0, 0.1) is 6.07 Å². The van der Waals surface area contributed by atoms with Crippen LogP contribution in [0.5, 0.6) is 0 Å². The minimum atomic E-state index is -3.31. The molecule has 0 aliphatic carbocycles. The van der Waals surface area contributed by atoms with Crippen molar-refractivity contribution in [2.45, 2.75) is 0 Å². The summed E-state index contributed by atoms with van der Waals surface area (Å²) in [6, 6.07) is 8.07. The summed E-state index contributed by atoms with van der Waals surface area (Å²) in [5.41, 5.74) is 0.491. The van der Waals surface area contributed by atoms with E-state index >= 15 is 0 Å². The average Bonchev–Trinajstić information content (AvgIpc) is 2.45. The molecule has 0 spiro atoms. The number of para-hydroxylation sites is 1. The Morgan fingerprint density at radius 1 is 1.54 bits per heavy atom. The Labute approximate surface area is 75.8 Å². The second-order valence-electron chi connectivity index (χ2n) is 2.72. The Kier molecular flexibility index (Phi) is 1.63. The van der Waals surface area contributed by atoms with Crippen LogP contribution in [0.3, 0.4) is 0 Å². The smallest absolute Gasteiger partial charge is 0.205 e. The van der Waals surface area contributed by atoms with Crippen molar-refractivity contribution >= 4 is 20.9 Å². The van der Waals surface area contributed by atoms with Crippen molar-refractivity contribution < 1.29 is 8.42 Å². The van der Waals surface area contributed by atoms with Gasteiger partial charge in [0, 0.05) is 11.5 Å². The molecule has 0 aliphatic rings. The highest BCUT2D eigenvalue weighted by atomic mass is 32.2. The molecule has 13 heavy (non-hydrogen) atoms. The molecule has 0 aliphatic heterocycles. The zero-order valence-electron chi connectivity index (χ0n) is 6.93. The molecule has 1 aromatic carbocycles. The Bertz CT molecular complexity index is 542. The molecule has 1 radical (unpaired) electrons. The van der Waals surface area contributed by atoms with Gasteiger partial charge in [0.2, 0.25) is 0 Å². The molecule has 0 saturated carbocycles. The van der Waals surface area contributed by atoms with Crippen molar-refractivity contribution in [1.82, 2.24) is 9.19 Å². The predicted octanol–water partition coefficient (Wildman–Crippen LogP) is 0.644. The lowest BCUT2D eigenvalue weighted by atomic mass is 10.3. The number of hydrogen-bond acceptors (Lipinski definition) is 3. The molecule has 0 atom stereocenters. The normalized spacial score (nSPS) is 12.1. The van der Waals surface area contributed by atoms with Crippen LogP contribution < -0.4 is 0 Å². The summed E-state index contributed by atoms with van der Waals surface area (Å²) in [4.78, 5) is 0. The van der Waals surface area contributed by atoms with Crippen LogP contribution in [0.15, 0.2) is 24.4 Å². The highest BCUT2D eigenvalue weighted by molar-refractivity contribution is 7.89. The SMILES string of the molecule is CS(=O)(=O)n1ncc2ccc[c]c21. The number of aromatic nitrogens is 2. The summed E-state index contributed by atoms with van der Waals surface area (Å²) >= 11 is 0. The zero-order valence-corrected chi connectivity index (χ0v) is 7.75. The first-order valence-corrected chi connectivity index (χ1v) is 5.49. The van der Waals surface area contributed by atoms with Gasteiger partial charge >= 0.3 is 0 Å². The largest absolute Gasteiger partial charge is 0.251 e. The third-order valence-electron chi connectivity index (χ3n) is 1.67. The zero-order chi connectivity index (χ0) is 9.47. The minimum absolute atomic E-state index is 0.491. The van der Waals surface area contributed by atoms with E-state index in [4.69, 9.17) is 0 Å². The van der Waals surface area contributed by atoms with Gasteiger partial charge in [-0.2, -0.15) is 9.19 Å². The van der Waals surface area contributed by atoms with E-state index in [1.54, 1.807) is 18.2 Å². The Balaban J connectivity index is 2.87. The van der Waals surface area contributed by atoms with Gasteiger partial charge in [-0.25, -0.2) is 8.42 Å². The Morgan fingerprint density at radius 3 is 3.00 bits per heavy atom. The lowest BCUT2D eigenvalue weighted by molar-refractivity contribution is 0.588. The standard InChI is InChI=1S/C8H7N2O2S/c1-13(11,12)10-8-5-3-2-4-7(8)6-9-10/h2-4,6H,1H3. The molecule has 5 heteroatoms. The van der Waals surface area contributed by atoms with Crippen LogP contribution in [-0.4, -0.2) is 23.9 Å². The van der Waals surface area contributed by atoms with Crippen molar-refractivity contribution in [1.29, 1.82) is 0 Å². The molecule has 1 aromatic heterocycles. The molecule has 0 saturated heterocycles. The van der Waals surface area contributed by atoms with Crippen LogP contribution in [0.4, 0.5) is 0 Å². The molecule has 2 rings (SSSR count). The molecule has 67 valence electrons. The number of benzene rings is 1. The van der Waals surface area contributed by atoms with Crippen molar-refractivity contribution in [2.75, 3.05) is 6.26 Å². The summed E-state index contributed by atoms with van der Waals surface area (Å²) in [5.74, 6) is 0. The molecular formula is C8H7N2O2S. The van der Waals surface area contributed by atoms with Gasteiger partial charge in [-0.15, -0.1) is 0 Å². The van der Waals surface area contributed by atoms with E-state index in [0.29, 0.717) is 5.52 Å². The third-order valence-corrected chi connectivity index (χ3v) is 2.58. The van der Waals surface area contributed by atoms with Gasteiger partial charge in [-0.3, -0.25) is 0 Å². The maximum Gasteiger partial charge on any atom is 0.251 e. The first kappa shape index (κ1) is 8.25. The van der Waals surface area contributed by atoms with E-state index in [-0.39, 0.29) is 0 Å². The first-order chi connectivity index (χ1) is 6.09. The quantitative estimate of drug-likeness (QED) is 0.671. The predicted molar refractivity (Wildman–Crippen MR) is 48.8 cm³/mol. The molecule has 2 aromatic rings. The van der Waals surface area contributed by atoms with Gasteiger partial charge < -0.3 is 0 Å². The maximum absolute atomic E-state index is 11.2. The lowest BCUT2D eigenvalue weighted by Crippen LogP contribution is -2.11. The third kappa shape index (κ3) is 1.31. The van der Waals surface area contributed by atoms with Gasteiger partial charge in [-0.1, -0.05) is 18.2 Å². The maximum atomic E-state index is 11.2. The van der Waals surface area contributed by atoms with Gasteiger partial charge in [0.15, 0.2) is 0 Å². The number of rotatable bonds is 1. The highest BCUT2D eigenvalue weighted by Gasteiger charge is 2.10. The van der Waals surface area contributed by atoms with Crippen molar-refractivity contribution in [3.63, 3.8) is 0 Å². The lowest BCUT2D eigenvalue weighted by Gasteiger charge is -1.97. The Morgan fingerprint density at radius 2 is 2.31 bits per heavy atom. The highest BCUT2D eigenvalue weighted by Crippen LogP contribution is 2.12. The fourth-order valence-corrected chi connectivity index (χ4v) is 1.84. The van der Waals surface area contributed by atoms with Crippen molar-refractivity contribution in [3.05, 3.63) is 30.5 Å². The molecule has 1 heterocycles.